The van der Waals surface area contributed by atoms with Gasteiger partial charge in [-0.1, -0.05) is 62.0 Å². The predicted octanol–water partition coefficient (Wildman–Crippen LogP) is 4.12. The summed E-state index contributed by atoms with van der Waals surface area (Å²) in [5.41, 5.74) is 3.71. The van der Waals surface area contributed by atoms with Crippen LogP contribution < -0.4 is 0 Å². The Balaban J connectivity index is 2.12. The number of benzene rings is 1. The molecule has 17 heavy (non-hydrogen) atoms. The van der Waals surface area contributed by atoms with Gasteiger partial charge in [0.05, 0.1) is 5.71 Å². The molecule has 1 heterocycles. The lowest BCUT2D eigenvalue weighted by Gasteiger charge is -2.08. The Labute approximate surface area is 106 Å². The van der Waals surface area contributed by atoms with Gasteiger partial charge < -0.3 is 0 Å². The smallest absolute Gasteiger partial charge is 0.103 e. The first-order valence-electron chi connectivity index (χ1n) is 5.98. The highest BCUT2D eigenvalue weighted by Gasteiger charge is 2.27. The van der Waals surface area contributed by atoms with E-state index in [4.69, 9.17) is 4.99 Å². The molecule has 1 atom stereocenters. The maximum absolute atomic E-state index is 4.88. The van der Waals surface area contributed by atoms with Crippen LogP contribution in [-0.4, -0.2) is 11.1 Å². The van der Waals surface area contributed by atoms with E-state index >= 15 is 0 Å². The van der Waals surface area contributed by atoms with Crippen molar-refractivity contribution in [3.05, 3.63) is 52.4 Å². The van der Waals surface area contributed by atoms with E-state index in [0.29, 0.717) is 11.3 Å². The summed E-state index contributed by atoms with van der Waals surface area (Å²) in [6.07, 6.45) is 6.48. The SMILES string of the molecule is CC(C)C1N=C2C(=CC=Cc3ccccc32)S1. The molecule has 1 nitrogen and oxygen atoms in total. The molecule has 0 saturated carbocycles. The first-order chi connectivity index (χ1) is 8.25. The predicted molar refractivity (Wildman–Crippen MR) is 76.3 cm³/mol. The van der Waals surface area contributed by atoms with Crippen LogP contribution in [0.5, 0.6) is 0 Å². The average molecular weight is 241 g/mol. The molecular formula is C15H15NS. The molecule has 0 bridgehead atoms. The molecule has 0 amide bonds. The zero-order chi connectivity index (χ0) is 11.8. The third kappa shape index (κ3) is 1.87. The zero-order valence-corrected chi connectivity index (χ0v) is 10.9. The van der Waals surface area contributed by atoms with Gasteiger partial charge in [-0.05, 0) is 17.6 Å². The van der Waals surface area contributed by atoms with E-state index < -0.39 is 0 Å². The van der Waals surface area contributed by atoms with Crippen molar-refractivity contribution >= 4 is 23.5 Å². The van der Waals surface area contributed by atoms with Gasteiger partial charge in [-0.15, -0.1) is 0 Å². The van der Waals surface area contributed by atoms with Gasteiger partial charge in [0, 0.05) is 10.5 Å². The van der Waals surface area contributed by atoms with Crippen molar-refractivity contribution in [2.45, 2.75) is 19.2 Å². The van der Waals surface area contributed by atoms with Crippen molar-refractivity contribution in [1.82, 2.24) is 0 Å². The topological polar surface area (TPSA) is 12.4 Å². The van der Waals surface area contributed by atoms with Crippen LogP contribution in [0.2, 0.25) is 0 Å². The van der Waals surface area contributed by atoms with Crippen molar-refractivity contribution in [2.75, 3.05) is 0 Å². The highest BCUT2D eigenvalue weighted by molar-refractivity contribution is 8.05. The normalized spacial score (nSPS) is 21.7. The Morgan fingerprint density at radius 1 is 1.24 bits per heavy atom. The van der Waals surface area contributed by atoms with Crippen molar-refractivity contribution in [2.24, 2.45) is 10.9 Å². The van der Waals surface area contributed by atoms with Crippen LogP contribution in [0.3, 0.4) is 0 Å². The van der Waals surface area contributed by atoms with Crippen LogP contribution in [0.25, 0.3) is 6.08 Å². The number of hydrogen-bond donors (Lipinski definition) is 0. The Morgan fingerprint density at radius 3 is 2.88 bits per heavy atom. The Morgan fingerprint density at radius 2 is 2.06 bits per heavy atom. The number of hydrogen-bond acceptors (Lipinski definition) is 2. The van der Waals surface area contributed by atoms with E-state index in [1.807, 2.05) is 11.8 Å². The lowest BCUT2D eigenvalue weighted by Crippen LogP contribution is -2.04. The third-order valence-corrected chi connectivity index (χ3v) is 4.52. The van der Waals surface area contributed by atoms with Crippen LogP contribution in [0.4, 0.5) is 0 Å². The minimum Gasteiger partial charge on any atom is -0.269 e. The molecule has 1 aliphatic carbocycles. The minimum absolute atomic E-state index is 0.371. The molecule has 0 fully saturated rings. The van der Waals surface area contributed by atoms with E-state index in [2.05, 4.69) is 56.3 Å². The molecule has 0 N–H and O–H groups in total. The number of aliphatic imine (C=N–C) groups is 1. The molecule has 1 aromatic rings. The first-order valence-corrected chi connectivity index (χ1v) is 6.86. The summed E-state index contributed by atoms with van der Waals surface area (Å²) in [5, 5.41) is 0.371. The molecule has 0 spiro atoms. The zero-order valence-electron chi connectivity index (χ0n) is 10.1. The van der Waals surface area contributed by atoms with Crippen molar-refractivity contribution in [3.8, 4) is 0 Å². The van der Waals surface area contributed by atoms with E-state index in [9.17, 15) is 0 Å². The number of rotatable bonds is 1. The summed E-state index contributed by atoms with van der Waals surface area (Å²) < 4.78 is 0. The van der Waals surface area contributed by atoms with Crippen LogP contribution in [0.15, 0.2) is 46.3 Å². The molecule has 0 aromatic heterocycles. The highest BCUT2D eigenvalue weighted by atomic mass is 32.2. The van der Waals surface area contributed by atoms with E-state index in [-0.39, 0.29) is 0 Å². The fourth-order valence-electron chi connectivity index (χ4n) is 2.11. The molecule has 1 aromatic carbocycles. The van der Waals surface area contributed by atoms with Crippen LogP contribution in [0.1, 0.15) is 25.0 Å². The van der Waals surface area contributed by atoms with Gasteiger partial charge in [-0.2, -0.15) is 0 Å². The number of allylic oxidation sites excluding steroid dienone is 3. The van der Waals surface area contributed by atoms with Crippen LogP contribution in [-0.2, 0) is 0 Å². The van der Waals surface area contributed by atoms with Gasteiger partial charge in [-0.25, -0.2) is 0 Å². The summed E-state index contributed by atoms with van der Waals surface area (Å²) in [6, 6.07) is 8.49. The standard InChI is InChI=1S/C15H15NS/c1-10(2)15-16-14-12-8-4-3-6-11(12)7-5-9-13(14)17-15/h3-10,15H,1-2H3. The van der Waals surface area contributed by atoms with Gasteiger partial charge in [-0.3, -0.25) is 4.99 Å². The lowest BCUT2D eigenvalue weighted by molar-refractivity contribution is 0.631. The lowest BCUT2D eigenvalue weighted by atomic mass is 10.0. The summed E-state index contributed by atoms with van der Waals surface area (Å²) in [7, 11) is 0. The summed E-state index contributed by atoms with van der Waals surface area (Å²) in [6.45, 7) is 4.46. The van der Waals surface area contributed by atoms with Gasteiger partial charge in [0.2, 0.25) is 0 Å². The van der Waals surface area contributed by atoms with E-state index in [0.717, 1.165) is 0 Å². The summed E-state index contributed by atoms with van der Waals surface area (Å²) in [4.78, 5) is 6.19. The number of thioether (sulfide) groups is 1. The van der Waals surface area contributed by atoms with Crippen molar-refractivity contribution in [3.63, 3.8) is 0 Å². The Hall–Kier alpha value is -1.28. The molecule has 0 radical (unpaired) electrons. The maximum atomic E-state index is 4.88. The van der Waals surface area contributed by atoms with E-state index in [1.54, 1.807) is 0 Å². The second kappa shape index (κ2) is 4.19. The fraction of sp³-hybridized carbons (Fsp3) is 0.267. The van der Waals surface area contributed by atoms with Gasteiger partial charge in [0.25, 0.3) is 0 Å². The highest BCUT2D eigenvalue weighted by Crippen LogP contribution is 2.39. The third-order valence-electron chi connectivity index (χ3n) is 3.05. The van der Waals surface area contributed by atoms with Gasteiger partial charge >= 0.3 is 0 Å². The van der Waals surface area contributed by atoms with Crippen LogP contribution in [0, 0.1) is 5.92 Å². The Bertz CT molecular complexity index is 538. The monoisotopic (exact) mass is 241 g/mol. The number of nitrogens with zero attached hydrogens (tertiary/aromatic N) is 1. The largest absolute Gasteiger partial charge is 0.269 e. The second-order valence-corrected chi connectivity index (χ2v) is 5.87. The van der Waals surface area contributed by atoms with Crippen molar-refractivity contribution in [1.29, 1.82) is 0 Å². The number of fused-ring (bicyclic) bond motifs is 3. The summed E-state index contributed by atoms with van der Waals surface area (Å²) in [5.74, 6) is 0.580. The second-order valence-electron chi connectivity index (χ2n) is 4.71. The molecule has 1 unspecified atom stereocenters. The average Bonchev–Trinajstić information content (AvgIpc) is 2.67. The molecule has 3 rings (SSSR count). The van der Waals surface area contributed by atoms with Crippen molar-refractivity contribution < 1.29 is 0 Å². The van der Waals surface area contributed by atoms with Gasteiger partial charge in [0.15, 0.2) is 0 Å². The molecule has 86 valence electrons. The molecular weight excluding hydrogens is 226 g/mol. The quantitative estimate of drug-likeness (QED) is 0.720. The molecule has 2 heteroatoms. The maximum Gasteiger partial charge on any atom is 0.103 e. The molecule has 1 aliphatic heterocycles. The minimum atomic E-state index is 0.371. The Kier molecular flexibility index (Phi) is 2.67. The first kappa shape index (κ1) is 10.8. The summed E-state index contributed by atoms with van der Waals surface area (Å²) >= 11 is 1.89. The molecule has 2 aliphatic rings. The fourth-order valence-corrected chi connectivity index (χ4v) is 3.23. The molecule has 0 saturated heterocycles. The van der Waals surface area contributed by atoms with Crippen LogP contribution >= 0.6 is 11.8 Å². The van der Waals surface area contributed by atoms with Gasteiger partial charge in [0.1, 0.15) is 5.37 Å². The van der Waals surface area contributed by atoms with E-state index in [1.165, 1.54) is 21.7 Å².